The van der Waals surface area contributed by atoms with E-state index in [2.05, 4.69) is 18.7 Å². The maximum absolute atomic E-state index is 11.3. The van der Waals surface area contributed by atoms with Crippen LogP contribution in [0.15, 0.2) is 0 Å². The number of primary amides is 1. The number of likely N-dealkylation sites (tertiary alicyclic amines) is 1. The Balaban J connectivity index is 2.68. The molecule has 2 N–H and O–H groups in total. The van der Waals surface area contributed by atoms with Gasteiger partial charge in [0.1, 0.15) is 0 Å². The van der Waals surface area contributed by atoms with E-state index in [1.54, 1.807) is 0 Å². The first kappa shape index (κ1) is 10.5. The van der Waals surface area contributed by atoms with Crippen LogP contribution in [-0.4, -0.2) is 29.4 Å². The van der Waals surface area contributed by atoms with E-state index in [0.29, 0.717) is 5.92 Å². The standard InChI is InChI=1S/C10H20N2O/c1-8(2)7-12-6-4-5-10(12,3)9(11)13/h8H,4-7H2,1-3H3,(H2,11,13)/t10-/m0/s1. The minimum Gasteiger partial charge on any atom is -0.368 e. The van der Waals surface area contributed by atoms with Gasteiger partial charge in [-0.2, -0.15) is 0 Å². The molecule has 0 unspecified atom stereocenters. The summed E-state index contributed by atoms with van der Waals surface area (Å²) in [7, 11) is 0. The molecule has 0 radical (unpaired) electrons. The zero-order valence-electron chi connectivity index (χ0n) is 8.84. The maximum Gasteiger partial charge on any atom is 0.237 e. The van der Waals surface area contributed by atoms with Crippen molar-refractivity contribution in [2.24, 2.45) is 11.7 Å². The summed E-state index contributed by atoms with van der Waals surface area (Å²) >= 11 is 0. The second-order valence-corrected chi connectivity index (χ2v) is 4.58. The molecule has 3 nitrogen and oxygen atoms in total. The average Bonchev–Trinajstić information content (AvgIpc) is 2.33. The normalized spacial score (nSPS) is 29.8. The first-order valence-corrected chi connectivity index (χ1v) is 5.02. The molecule has 0 spiro atoms. The van der Waals surface area contributed by atoms with Gasteiger partial charge in [-0.25, -0.2) is 0 Å². The molecule has 1 saturated heterocycles. The van der Waals surface area contributed by atoms with Crippen LogP contribution >= 0.6 is 0 Å². The largest absolute Gasteiger partial charge is 0.368 e. The molecule has 13 heavy (non-hydrogen) atoms. The van der Waals surface area contributed by atoms with E-state index in [1.807, 2.05) is 6.92 Å². The van der Waals surface area contributed by atoms with E-state index in [9.17, 15) is 4.79 Å². The van der Waals surface area contributed by atoms with Crippen LogP contribution in [0, 0.1) is 5.92 Å². The van der Waals surface area contributed by atoms with E-state index in [1.165, 1.54) is 0 Å². The lowest BCUT2D eigenvalue weighted by molar-refractivity contribution is -0.127. The van der Waals surface area contributed by atoms with Gasteiger partial charge >= 0.3 is 0 Å². The molecule has 1 rings (SSSR count). The van der Waals surface area contributed by atoms with Crippen molar-refractivity contribution >= 4 is 5.91 Å². The fourth-order valence-electron chi connectivity index (χ4n) is 2.03. The predicted molar refractivity (Wildman–Crippen MR) is 53.2 cm³/mol. The number of carbonyl (C=O) groups is 1. The monoisotopic (exact) mass is 184 g/mol. The van der Waals surface area contributed by atoms with Gasteiger partial charge in [0, 0.05) is 6.54 Å². The molecular weight excluding hydrogens is 164 g/mol. The van der Waals surface area contributed by atoms with Gasteiger partial charge < -0.3 is 5.73 Å². The summed E-state index contributed by atoms with van der Waals surface area (Å²) < 4.78 is 0. The lowest BCUT2D eigenvalue weighted by atomic mass is 9.97. The molecule has 3 heteroatoms. The third-order valence-corrected chi connectivity index (χ3v) is 2.91. The van der Waals surface area contributed by atoms with E-state index >= 15 is 0 Å². The highest BCUT2D eigenvalue weighted by Gasteiger charge is 2.41. The molecule has 1 fully saturated rings. The van der Waals surface area contributed by atoms with Crippen molar-refractivity contribution in [3.8, 4) is 0 Å². The van der Waals surface area contributed by atoms with Crippen LogP contribution in [-0.2, 0) is 4.79 Å². The van der Waals surface area contributed by atoms with Crippen molar-refractivity contribution < 1.29 is 4.79 Å². The summed E-state index contributed by atoms with van der Waals surface area (Å²) in [4.78, 5) is 13.5. The predicted octanol–water partition coefficient (Wildman–Crippen LogP) is 0.982. The molecule has 1 aliphatic heterocycles. The fraction of sp³-hybridized carbons (Fsp3) is 0.900. The van der Waals surface area contributed by atoms with Gasteiger partial charge in [0.25, 0.3) is 0 Å². The van der Waals surface area contributed by atoms with Crippen molar-refractivity contribution in [3.63, 3.8) is 0 Å². The van der Waals surface area contributed by atoms with Gasteiger partial charge in [-0.05, 0) is 32.2 Å². The first-order chi connectivity index (χ1) is 5.97. The van der Waals surface area contributed by atoms with Crippen LogP contribution < -0.4 is 5.73 Å². The quantitative estimate of drug-likeness (QED) is 0.710. The smallest absolute Gasteiger partial charge is 0.237 e. The second-order valence-electron chi connectivity index (χ2n) is 4.58. The van der Waals surface area contributed by atoms with Crippen molar-refractivity contribution in [3.05, 3.63) is 0 Å². The summed E-state index contributed by atoms with van der Waals surface area (Å²) in [5, 5.41) is 0. The lowest BCUT2D eigenvalue weighted by Crippen LogP contribution is -2.52. The summed E-state index contributed by atoms with van der Waals surface area (Å²) in [6, 6.07) is 0. The molecule has 1 amide bonds. The van der Waals surface area contributed by atoms with E-state index in [-0.39, 0.29) is 11.4 Å². The first-order valence-electron chi connectivity index (χ1n) is 5.02. The van der Waals surface area contributed by atoms with Gasteiger partial charge in [-0.3, -0.25) is 9.69 Å². The van der Waals surface area contributed by atoms with Crippen molar-refractivity contribution in [2.45, 2.75) is 39.2 Å². The Morgan fingerprint density at radius 1 is 1.62 bits per heavy atom. The number of carbonyl (C=O) groups excluding carboxylic acids is 1. The minimum atomic E-state index is -0.385. The molecule has 76 valence electrons. The molecule has 0 aliphatic carbocycles. The van der Waals surface area contributed by atoms with Gasteiger partial charge in [0.15, 0.2) is 0 Å². The molecule has 0 aromatic rings. The summed E-state index contributed by atoms with van der Waals surface area (Å²) in [6.45, 7) is 8.28. The van der Waals surface area contributed by atoms with E-state index in [4.69, 9.17) is 5.73 Å². The molecule has 1 aliphatic rings. The van der Waals surface area contributed by atoms with Crippen molar-refractivity contribution in [1.82, 2.24) is 4.90 Å². The highest BCUT2D eigenvalue weighted by Crippen LogP contribution is 2.29. The van der Waals surface area contributed by atoms with Crippen molar-refractivity contribution in [2.75, 3.05) is 13.1 Å². The Morgan fingerprint density at radius 3 is 2.69 bits per heavy atom. The zero-order chi connectivity index (χ0) is 10.1. The molecule has 0 bridgehead atoms. The average molecular weight is 184 g/mol. The van der Waals surface area contributed by atoms with E-state index in [0.717, 1.165) is 25.9 Å². The summed E-state index contributed by atoms with van der Waals surface area (Å²) in [6.07, 6.45) is 2.00. The number of rotatable bonds is 3. The SMILES string of the molecule is CC(C)CN1CCC[C@@]1(C)C(N)=O. The number of nitrogens with two attached hydrogens (primary N) is 1. The summed E-state index contributed by atoms with van der Waals surface area (Å²) in [5.74, 6) is 0.419. The number of hydrogen-bond acceptors (Lipinski definition) is 2. The van der Waals surface area contributed by atoms with Crippen LogP contribution in [0.25, 0.3) is 0 Å². The Labute approximate surface area is 80.3 Å². The lowest BCUT2D eigenvalue weighted by Gasteiger charge is -2.33. The molecule has 0 aromatic heterocycles. The molecular formula is C10H20N2O. The number of hydrogen-bond donors (Lipinski definition) is 1. The number of amides is 1. The van der Waals surface area contributed by atoms with Gasteiger partial charge in [-0.1, -0.05) is 13.8 Å². The second kappa shape index (κ2) is 3.66. The maximum atomic E-state index is 11.3. The molecule has 0 saturated carbocycles. The highest BCUT2D eigenvalue weighted by molar-refractivity contribution is 5.84. The van der Waals surface area contributed by atoms with Gasteiger partial charge in [0.2, 0.25) is 5.91 Å². The van der Waals surface area contributed by atoms with Gasteiger partial charge in [0.05, 0.1) is 5.54 Å². The van der Waals surface area contributed by atoms with Crippen LogP contribution in [0.1, 0.15) is 33.6 Å². The molecule has 1 heterocycles. The Bertz CT molecular complexity index is 203. The number of nitrogens with zero attached hydrogens (tertiary/aromatic N) is 1. The van der Waals surface area contributed by atoms with Gasteiger partial charge in [-0.15, -0.1) is 0 Å². The Kier molecular flexibility index (Phi) is 2.96. The Hall–Kier alpha value is -0.570. The van der Waals surface area contributed by atoms with Crippen LogP contribution in [0.4, 0.5) is 0 Å². The van der Waals surface area contributed by atoms with Crippen LogP contribution in [0.3, 0.4) is 0 Å². The minimum absolute atomic E-state index is 0.175. The van der Waals surface area contributed by atoms with E-state index < -0.39 is 0 Å². The molecule has 0 aromatic carbocycles. The van der Waals surface area contributed by atoms with Crippen molar-refractivity contribution in [1.29, 1.82) is 0 Å². The van der Waals surface area contributed by atoms with Crippen LogP contribution in [0.2, 0.25) is 0 Å². The Morgan fingerprint density at radius 2 is 2.23 bits per heavy atom. The third kappa shape index (κ3) is 2.02. The molecule has 1 atom stereocenters. The zero-order valence-corrected chi connectivity index (χ0v) is 8.84. The fourth-order valence-corrected chi connectivity index (χ4v) is 2.03. The summed E-state index contributed by atoms with van der Waals surface area (Å²) in [5.41, 5.74) is 5.03. The topological polar surface area (TPSA) is 46.3 Å². The third-order valence-electron chi connectivity index (χ3n) is 2.91. The highest BCUT2D eigenvalue weighted by atomic mass is 16.1. The van der Waals surface area contributed by atoms with Crippen LogP contribution in [0.5, 0.6) is 0 Å².